The molecule has 2 rings (SSSR count). The fourth-order valence-electron chi connectivity index (χ4n) is 1.77. The van der Waals surface area contributed by atoms with Crippen molar-refractivity contribution in [2.45, 2.75) is 13.0 Å². The number of ether oxygens (including phenoxy) is 3. The van der Waals surface area contributed by atoms with Crippen LogP contribution >= 0.6 is 0 Å². The summed E-state index contributed by atoms with van der Waals surface area (Å²) in [5.74, 6) is 0.251. The second kappa shape index (κ2) is 4.63. The second-order valence-corrected chi connectivity index (χ2v) is 3.80. The van der Waals surface area contributed by atoms with Gasteiger partial charge in [0.05, 0.1) is 7.11 Å². The molecule has 5 heteroatoms. The smallest absolute Gasteiger partial charge is 0.339 e. The molecule has 1 aliphatic heterocycles. The van der Waals surface area contributed by atoms with Crippen molar-refractivity contribution in [2.75, 3.05) is 20.3 Å². The van der Waals surface area contributed by atoms with Gasteiger partial charge in [-0.1, -0.05) is 0 Å². The third-order valence-corrected chi connectivity index (χ3v) is 2.53. The van der Waals surface area contributed by atoms with Gasteiger partial charge in [-0.3, -0.25) is 0 Å². The Morgan fingerprint density at radius 2 is 2.12 bits per heavy atom. The zero-order valence-corrected chi connectivity index (χ0v) is 9.73. The molecule has 17 heavy (non-hydrogen) atoms. The van der Waals surface area contributed by atoms with Crippen molar-refractivity contribution in [3.05, 3.63) is 23.3 Å². The normalized spacial score (nSPS) is 15.2. The molecular formula is C12H14O5. The maximum absolute atomic E-state index is 11.3. The van der Waals surface area contributed by atoms with E-state index in [-0.39, 0.29) is 0 Å². The van der Waals surface area contributed by atoms with Crippen molar-refractivity contribution in [3.63, 3.8) is 0 Å². The summed E-state index contributed by atoms with van der Waals surface area (Å²) >= 11 is 0. The van der Waals surface area contributed by atoms with Crippen LogP contribution in [0.25, 0.3) is 0 Å². The fourth-order valence-corrected chi connectivity index (χ4v) is 1.77. The standard InChI is InChI=1S/C12H14O5/c1-7-5-8(10(13)12(14)15-2)11-9(6-7)16-3-4-17-11/h5-6,10,13H,3-4H2,1-2H3. The summed E-state index contributed by atoms with van der Waals surface area (Å²) in [5, 5.41) is 9.86. The average molecular weight is 238 g/mol. The highest BCUT2D eigenvalue weighted by Gasteiger charge is 2.26. The van der Waals surface area contributed by atoms with Crippen LogP contribution < -0.4 is 9.47 Å². The number of aliphatic hydroxyl groups excluding tert-OH is 1. The minimum atomic E-state index is -1.35. The summed E-state index contributed by atoms with van der Waals surface area (Å²) in [6.07, 6.45) is -1.35. The van der Waals surface area contributed by atoms with E-state index in [1.54, 1.807) is 6.07 Å². The molecule has 1 aliphatic rings. The number of hydrogen-bond acceptors (Lipinski definition) is 5. The monoisotopic (exact) mass is 238 g/mol. The minimum absolute atomic E-state index is 0.381. The summed E-state index contributed by atoms with van der Waals surface area (Å²) in [5.41, 5.74) is 1.26. The number of methoxy groups -OCH3 is 1. The lowest BCUT2D eigenvalue weighted by Crippen LogP contribution is -2.20. The quantitative estimate of drug-likeness (QED) is 0.778. The number of fused-ring (bicyclic) bond motifs is 1. The topological polar surface area (TPSA) is 65.0 Å². The van der Waals surface area contributed by atoms with E-state index in [0.717, 1.165) is 5.56 Å². The first-order valence-electron chi connectivity index (χ1n) is 5.29. The predicted molar refractivity (Wildman–Crippen MR) is 59.1 cm³/mol. The van der Waals surface area contributed by atoms with Crippen LogP contribution in [0.5, 0.6) is 11.5 Å². The number of benzene rings is 1. The number of esters is 1. The van der Waals surface area contributed by atoms with Crippen LogP contribution in [0.4, 0.5) is 0 Å². The summed E-state index contributed by atoms with van der Waals surface area (Å²) in [7, 11) is 1.23. The Labute approximate surface area is 98.9 Å². The van der Waals surface area contributed by atoms with Crippen LogP contribution in [-0.4, -0.2) is 31.4 Å². The molecule has 0 saturated heterocycles. The number of aryl methyl sites for hydroxylation is 1. The molecule has 1 unspecified atom stereocenters. The molecule has 1 aromatic carbocycles. The van der Waals surface area contributed by atoms with Gasteiger partial charge in [0.2, 0.25) is 0 Å². The Balaban J connectivity index is 2.45. The molecule has 0 fully saturated rings. The zero-order valence-electron chi connectivity index (χ0n) is 9.73. The fraction of sp³-hybridized carbons (Fsp3) is 0.417. The summed E-state index contributed by atoms with van der Waals surface area (Å²) < 4.78 is 15.4. The molecule has 0 radical (unpaired) electrons. The van der Waals surface area contributed by atoms with Crippen molar-refractivity contribution in [2.24, 2.45) is 0 Å². The Kier molecular flexibility index (Phi) is 3.19. The number of hydrogen-bond donors (Lipinski definition) is 1. The van der Waals surface area contributed by atoms with Gasteiger partial charge in [0.1, 0.15) is 13.2 Å². The van der Waals surface area contributed by atoms with E-state index < -0.39 is 12.1 Å². The zero-order chi connectivity index (χ0) is 12.4. The number of carbonyl (C=O) groups is 1. The van der Waals surface area contributed by atoms with Crippen molar-refractivity contribution >= 4 is 5.97 Å². The third kappa shape index (κ3) is 2.19. The van der Waals surface area contributed by atoms with E-state index in [4.69, 9.17) is 9.47 Å². The van der Waals surface area contributed by atoms with Crippen molar-refractivity contribution in [1.29, 1.82) is 0 Å². The SMILES string of the molecule is COC(=O)C(O)c1cc(C)cc2c1OCCO2. The van der Waals surface area contributed by atoms with Gasteiger partial charge in [0, 0.05) is 5.56 Å². The molecule has 0 amide bonds. The van der Waals surface area contributed by atoms with Gasteiger partial charge in [-0.05, 0) is 24.6 Å². The molecule has 1 aromatic rings. The molecule has 1 atom stereocenters. The molecule has 0 aliphatic carbocycles. The molecule has 0 spiro atoms. The Hall–Kier alpha value is -1.75. The number of rotatable bonds is 2. The minimum Gasteiger partial charge on any atom is -0.486 e. The second-order valence-electron chi connectivity index (χ2n) is 3.80. The van der Waals surface area contributed by atoms with Crippen LogP contribution in [-0.2, 0) is 9.53 Å². The van der Waals surface area contributed by atoms with Gasteiger partial charge in [-0.2, -0.15) is 0 Å². The Morgan fingerprint density at radius 3 is 2.82 bits per heavy atom. The van der Waals surface area contributed by atoms with E-state index in [9.17, 15) is 9.90 Å². The number of carbonyl (C=O) groups excluding carboxylic acids is 1. The van der Waals surface area contributed by atoms with E-state index in [2.05, 4.69) is 4.74 Å². The van der Waals surface area contributed by atoms with Crippen molar-refractivity contribution < 1.29 is 24.1 Å². The highest BCUT2D eigenvalue weighted by atomic mass is 16.6. The molecular weight excluding hydrogens is 224 g/mol. The maximum atomic E-state index is 11.3. The lowest BCUT2D eigenvalue weighted by molar-refractivity contribution is -0.150. The van der Waals surface area contributed by atoms with Crippen molar-refractivity contribution in [1.82, 2.24) is 0 Å². The van der Waals surface area contributed by atoms with Crippen molar-refractivity contribution in [3.8, 4) is 11.5 Å². The van der Waals surface area contributed by atoms with Gasteiger partial charge < -0.3 is 19.3 Å². The van der Waals surface area contributed by atoms with Gasteiger partial charge in [-0.25, -0.2) is 4.79 Å². The molecule has 0 aromatic heterocycles. The van der Waals surface area contributed by atoms with Crippen LogP contribution in [0.3, 0.4) is 0 Å². The number of aliphatic hydroxyl groups is 1. The summed E-state index contributed by atoms with van der Waals surface area (Å²) in [4.78, 5) is 11.3. The predicted octanol–water partition coefficient (Wildman–Crippen LogP) is 0.973. The van der Waals surface area contributed by atoms with E-state index in [0.29, 0.717) is 30.3 Å². The molecule has 1 heterocycles. The van der Waals surface area contributed by atoms with Crippen LogP contribution in [0, 0.1) is 6.92 Å². The largest absolute Gasteiger partial charge is 0.486 e. The van der Waals surface area contributed by atoms with Crippen LogP contribution in [0.15, 0.2) is 12.1 Å². The molecule has 0 bridgehead atoms. The van der Waals surface area contributed by atoms with Gasteiger partial charge in [0.15, 0.2) is 17.6 Å². The maximum Gasteiger partial charge on any atom is 0.339 e. The first-order valence-corrected chi connectivity index (χ1v) is 5.29. The average Bonchev–Trinajstić information content (AvgIpc) is 2.35. The van der Waals surface area contributed by atoms with E-state index >= 15 is 0 Å². The highest BCUT2D eigenvalue weighted by Crippen LogP contribution is 2.38. The summed E-state index contributed by atoms with van der Waals surface area (Å²) in [6, 6.07) is 3.50. The molecule has 0 saturated carbocycles. The summed E-state index contributed by atoms with van der Waals surface area (Å²) in [6.45, 7) is 2.72. The van der Waals surface area contributed by atoms with Crippen LogP contribution in [0.1, 0.15) is 17.2 Å². The van der Waals surface area contributed by atoms with E-state index in [1.165, 1.54) is 7.11 Å². The van der Waals surface area contributed by atoms with Gasteiger partial charge in [-0.15, -0.1) is 0 Å². The molecule has 5 nitrogen and oxygen atoms in total. The lowest BCUT2D eigenvalue weighted by atomic mass is 10.0. The van der Waals surface area contributed by atoms with Gasteiger partial charge >= 0.3 is 5.97 Å². The first kappa shape index (κ1) is 11.7. The molecule has 92 valence electrons. The lowest BCUT2D eigenvalue weighted by Gasteiger charge is -2.23. The van der Waals surface area contributed by atoms with E-state index in [1.807, 2.05) is 13.0 Å². The highest BCUT2D eigenvalue weighted by molar-refractivity contribution is 5.78. The Morgan fingerprint density at radius 1 is 1.41 bits per heavy atom. The first-order chi connectivity index (χ1) is 8.13. The Bertz CT molecular complexity index is 441. The van der Waals surface area contributed by atoms with Gasteiger partial charge in [0.25, 0.3) is 0 Å². The van der Waals surface area contributed by atoms with Crippen LogP contribution in [0.2, 0.25) is 0 Å². The third-order valence-electron chi connectivity index (χ3n) is 2.53. The molecule has 1 N–H and O–H groups in total.